The number of carbonyl (C=O) groups excluding carboxylic acids is 1. The minimum atomic E-state index is -0.271. The molecule has 2 heterocycles. The van der Waals surface area contributed by atoms with E-state index in [4.69, 9.17) is 21.3 Å². The predicted molar refractivity (Wildman–Crippen MR) is 143 cm³/mol. The van der Waals surface area contributed by atoms with Crippen LogP contribution in [0, 0.1) is 6.92 Å². The first-order chi connectivity index (χ1) is 17.5. The van der Waals surface area contributed by atoms with Gasteiger partial charge in [0.05, 0.1) is 30.4 Å². The molecule has 7 nitrogen and oxygen atoms in total. The van der Waals surface area contributed by atoms with Crippen LogP contribution in [0.25, 0.3) is 23.1 Å². The number of aromatic nitrogens is 4. The number of methoxy groups -OCH3 is 1. The summed E-state index contributed by atoms with van der Waals surface area (Å²) in [4.78, 5) is 17.6. The summed E-state index contributed by atoms with van der Waals surface area (Å²) in [6.07, 6.45) is 3.24. The van der Waals surface area contributed by atoms with Crippen LogP contribution >= 0.6 is 11.6 Å². The maximum absolute atomic E-state index is 12.8. The highest BCUT2D eigenvalue weighted by Gasteiger charge is 2.18. The molecule has 0 saturated carbocycles. The molecule has 0 radical (unpaired) electrons. The van der Waals surface area contributed by atoms with Crippen molar-refractivity contribution < 1.29 is 9.53 Å². The maximum Gasteiger partial charge on any atom is 0.249 e. The molecule has 2 aromatic heterocycles. The number of anilines is 1. The molecule has 0 aliphatic heterocycles. The lowest BCUT2D eigenvalue weighted by Gasteiger charge is -2.12. The van der Waals surface area contributed by atoms with Crippen molar-refractivity contribution in [2.24, 2.45) is 0 Å². The summed E-state index contributed by atoms with van der Waals surface area (Å²) in [5.41, 5.74) is 4.52. The van der Waals surface area contributed by atoms with Gasteiger partial charge >= 0.3 is 0 Å². The molecule has 5 rings (SSSR count). The topological polar surface area (TPSA) is 74.0 Å². The number of nitrogens with one attached hydrogen (secondary N) is 1. The molecule has 0 aliphatic carbocycles. The Hall–Kier alpha value is -4.36. The Morgan fingerprint density at radius 3 is 2.56 bits per heavy atom. The maximum atomic E-state index is 12.8. The Balaban J connectivity index is 1.46. The van der Waals surface area contributed by atoms with E-state index in [0.29, 0.717) is 23.3 Å². The number of amides is 1. The summed E-state index contributed by atoms with van der Waals surface area (Å²) in [5.74, 6) is 1.63. The van der Waals surface area contributed by atoms with Gasteiger partial charge in [0.15, 0.2) is 0 Å². The zero-order chi connectivity index (χ0) is 25.1. The number of nitrogens with zero attached hydrogens (tertiary/aromatic N) is 4. The molecular weight excluding hydrogens is 474 g/mol. The van der Waals surface area contributed by atoms with Crippen molar-refractivity contribution in [3.63, 3.8) is 0 Å². The number of hydrogen-bond donors (Lipinski definition) is 1. The predicted octanol–water partition coefficient (Wildman–Crippen LogP) is 5.89. The van der Waals surface area contributed by atoms with E-state index in [-0.39, 0.29) is 5.91 Å². The Bertz CT molecular complexity index is 1550. The summed E-state index contributed by atoms with van der Waals surface area (Å²) in [6.45, 7) is 2.45. The summed E-state index contributed by atoms with van der Waals surface area (Å²) in [7, 11) is 1.62. The zero-order valence-electron chi connectivity index (χ0n) is 19.9. The smallest absolute Gasteiger partial charge is 0.249 e. The molecule has 5 aromatic rings. The third kappa shape index (κ3) is 5.01. The lowest BCUT2D eigenvalue weighted by Crippen LogP contribution is -2.15. The molecule has 36 heavy (non-hydrogen) atoms. The van der Waals surface area contributed by atoms with Crippen LogP contribution in [0.1, 0.15) is 16.8 Å². The average molecular weight is 498 g/mol. The second-order valence-corrected chi connectivity index (χ2v) is 8.73. The van der Waals surface area contributed by atoms with E-state index in [9.17, 15) is 4.79 Å². The molecule has 3 aromatic carbocycles. The fourth-order valence-corrected chi connectivity index (χ4v) is 4.07. The van der Waals surface area contributed by atoms with Crippen LogP contribution in [-0.2, 0) is 11.3 Å². The van der Waals surface area contributed by atoms with Gasteiger partial charge < -0.3 is 14.6 Å². The normalized spacial score (nSPS) is 11.3. The zero-order valence-corrected chi connectivity index (χ0v) is 20.6. The molecular formula is C28H24ClN5O2. The van der Waals surface area contributed by atoms with E-state index >= 15 is 0 Å². The fourth-order valence-electron chi connectivity index (χ4n) is 3.95. The number of carbonyl (C=O) groups is 1. The molecule has 0 aliphatic rings. The Kier molecular flexibility index (Phi) is 6.56. The monoisotopic (exact) mass is 497 g/mol. The van der Waals surface area contributed by atoms with E-state index < -0.39 is 0 Å². The van der Waals surface area contributed by atoms with Gasteiger partial charge in [-0.05, 0) is 60.5 Å². The van der Waals surface area contributed by atoms with Gasteiger partial charge in [0.25, 0.3) is 0 Å². The summed E-state index contributed by atoms with van der Waals surface area (Å²) in [6, 6.07) is 24.9. The third-order valence-electron chi connectivity index (χ3n) is 5.70. The quantitative estimate of drug-likeness (QED) is 0.284. The van der Waals surface area contributed by atoms with Gasteiger partial charge in [-0.2, -0.15) is 9.78 Å². The number of rotatable bonds is 7. The molecule has 180 valence electrons. The molecule has 0 unspecified atom stereocenters. The number of ether oxygens (including phenoxy) is 1. The molecule has 0 atom stereocenters. The van der Waals surface area contributed by atoms with Crippen molar-refractivity contribution in [1.82, 2.24) is 19.3 Å². The Labute approximate surface area is 213 Å². The number of aryl methyl sites for hydroxylation is 1. The Morgan fingerprint density at radius 2 is 1.81 bits per heavy atom. The van der Waals surface area contributed by atoms with Crippen molar-refractivity contribution in [3.05, 3.63) is 107 Å². The van der Waals surface area contributed by atoms with Gasteiger partial charge in [-0.25, -0.2) is 4.98 Å². The molecule has 8 heteroatoms. The lowest BCUT2D eigenvalue weighted by molar-refractivity contribution is -0.111. The number of benzene rings is 3. The van der Waals surface area contributed by atoms with Crippen LogP contribution < -0.4 is 10.1 Å². The first-order valence-electron chi connectivity index (χ1n) is 11.4. The van der Waals surface area contributed by atoms with Crippen LogP contribution in [0.3, 0.4) is 0 Å². The first-order valence-corrected chi connectivity index (χ1v) is 11.8. The van der Waals surface area contributed by atoms with E-state index in [0.717, 1.165) is 33.6 Å². The summed E-state index contributed by atoms with van der Waals surface area (Å²) >= 11 is 6.08. The van der Waals surface area contributed by atoms with Gasteiger partial charge in [-0.15, -0.1) is 0 Å². The molecule has 0 fully saturated rings. The molecule has 0 saturated heterocycles. The highest BCUT2D eigenvalue weighted by Crippen LogP contribution is 2.24. The van der Waals surface area contributed by atoms with Gasteiger partial charge in [-0.3, -0.25) is 4.79 Å². The highest BCUT2D eigenvalue weighted by atomic mass is 35.5. The number of para-hydroxylation sites is 2. The summed E-state index contributed by atoms with van der Waals surface area (Å²) in [5, 5.41) is 8.27. The standard InChI is InChI=1S/C28H24ClN5O2/c1-19-17-26(31-27(35)16-11-20-9-14-23(36-2)15-10-20)34(32-19)28-30-24-5-3-4-6-25(24)33(28)18-21-7-12-22(29)13-8-21/h3-17H,18H2,1-2H3,(H,31,35)/b16-11+. The molecule has 0 bridgehead atoms. The Morgan fingerprint density at radius 1 is 1.06 bits per heavy atom. The van der Waals surface area contributed by atoms with E-state index in [1.54, 1.807) is 17.9 Å². The van der Waals surface area contributed by atoms with E-state index in [1.807, 2.05) is 85.8 Å². The van der Waals surface area contributed by atoms with Crippen LogP contribution in [0.2, 0.25) is 5.02 Å². The largest absolute Gasteiger partial charge is 0.497 e. The first kappa shape index (κ1) is 23.4. The SMILES string of the molecule is COc1ccc(/C=C/C(=O)Nc2cc(C)nn2-c2nc3ccccc3n2Cc2ccc(Cl)cc2)cc1. The fraction of sp³-hybridized carbons (Fsp3) is 0.107. The number of imidazole rings is 1. The molecule has 0 spiro atoms. The molecule has 1 N–H and O–H groups in total. The van der Waals surface area contributed by atoms with E-state index in [1.165, 1.54) is 6.08 Å². The average Bonchev–Trinajstić information content (AvgIpc) is 3.44. The lowest BCUT2D eigenvalue weighted by atomic mass is 10.2. The third-order valence-corrected chi connectivity index (χ3v) is 5.96. The van der Waals surface area contributed by atoms with Crippen molar-refractivity contribution >= 4 is 40.4 Å². The van der Waals surface area contributed by atoms with Crippen molar-refractivity contribution in [2.45, 2.75) is 13.5 Å². The van der Waals surface area contributed by atoms with Crippen molar-refractivity contribution in [2.75, 3.05) is 12.4 Å². The van der Waals surface area contributed by atoms with Crippen molar-refractivity contribution in [3.8, 4) is 11.7 Å². The van der Waals surface area contributed by atoms with Crippen LogP contribution in [0.15, 0.2) is 84.9 Å². The molecule has 1 amide bonds. The second-order valence-electron chi connectivity index (χ2n) is 8.29. The highest BCUT2D eigenvalue weighted by molar-refractivity contribution is 6.30. The van der Waals surface area contributed by atoms with Crippen LogP contribution in [-0.4, -0.2) is 32.3 Å². The van der Waals surface area contributed by atoms with Gasteiger partial charge in [0, 0.05) is 17.2 Å². The van der Waals surface area contributed by atoms with E-state index in [2.05, 4.69) is 15.0 Å². The number of halogens is 1. The number of hydrogen-bond acceptors (Lipinski definition) is 4. The van der Waals surface area contributed by atoms with Gasteiger partial charge in [0.1, 0.15) is 11.6 Å². The van der Waals surface area contributed by atoms with Crippen LogP contribution in [0.4, 0.5) is 5.82 Å². The minimum Gasteiger partial charge on any atom is -0.497 e. The summed E-state index contributed by atoms with van der Waals surface area (Å²) < 4.78 is 8.93. The number of fused-ring (bicyclic) bond motifs is 1. The van der Waals surface area contributed by atoms with Crippen molar-refractivity contribution in [1.29, 1.82) is 0 Å². The van der Waals surface area contributed by atoms with Gasteiger partial charge in [0.2, 0.25) is 11.9 Å². The minimum absolute atomic E-state index is 0.271. The second kappa shape index (κ2) is 10.1. The van der Waals surface area contributed by atoms with Crippen LogP contribution in [0.5, 0.6) is 5.75 Å². The van der Waals surface area contributed by atoms with Gasteiger partial charge in [-0.1, -0.05) is 48.0 Å².